The van der Waals surface area contributed by atoms with Crippen molar-refractivity contribution < 1.29 is 0 Å². The van der Waals surface area contributed by atoms with Crippen LogP contribution in [0, 0.1) is 18.3 Å². The first-order valence-corrected chi connectivity index (χ1v) is 6.27. The van der Waals surface area contributed by atoms with Crippen molar-refractivity contribution >= 4 is 22.2 Å². The van der Waals surface area contributed by atoms with Gasteiger partial charge in [0.25, 0.3) is 0 Å². The fraction of sp³-hybridized carbons (Fsp3) is 0.231. The van der Waals surface area contributed by atoms with E-state index in [0.717, 1.165) is 17.2 Å². The molecule has 0 aliphatic rings. The maximum Gasteiger partial charge on any atom is 0.188 e. The van der Waals surface area contributed by atoms with Crippen LogP contribution in [0.5, 0.6) is 0 Å². The minimum atomic E-state index is 0.624. The van der Waals surface area contributed by atoms with Gasteiger partial charge < -0.3 is 5.32 Å². The number of benzene rings is 1. The Bertz CT molecular complexity index is 566. The summed E-state index contributed by atoms with van der Waals surface area (Å²) in [6.07, 6.45) is 2.57. The van der Waals surface area contributed by atoms with Gasteiger partial charge in [0.2, 0.25) is 0 Å². The SMILES string of the molecule is CCc1cccc(C)c1Nc1ncc(C#N)s1. The summed E-state index contributed by atoms with van der Waals surface area (Å²) in [5.41, 5.74) is 3.56. The Balaban J connectivity index is 2.32. The molecule has 0 radical (unpaired) electrons. The molecular formula is C13H13N3S. The zero-order chi connectivity index (χ0) is 12.3. The Labute approximate surface area is 105 Å². The Morgan fingerprint density at radius 1 is 1.47 bits per heavy atom. The van der Waals surface area contributed by atoms with Crippen LogP contribution in [0.25, 0.3) is 0 Å². The Morgan fingerprint density at radius 2 is 2.29 bits per heavy atom. The number of hydrogen-bond acceptors (Lipinski definition) is 4. The fourth-order valence-corrected chi connectivity index (χ4v) is 2.31. The van der Waals surface area contributed by atoms with Crippen LogP contribution in [0.3, 0.4) is 0 Å². The molecule has 0 atom stereocenters. The number of rotatable bonds is 3. The molecule has 0 spiro atoms. The molecule has 2 aromatic rings. The minimum absolute atomic E-state index is 0.624. The highest BCUT2D eigenvalue weighted by atomic mass is 32.1. The highest BCUT2D eigenvalue weighted by Gasteiger charge is 2.07. The van der Waals surface area contributed by atoms with Crippen molar-refractivity contribution in [3.63, 3.8) is 0 Å². The topological polar surface area (TPSA) is 48.7 Å². The number of nitriles is 1. The molecule has 0 unspecified atom stereocenters. The van der Waals surface area contributed by atoms with E-state index in [0.29, 0.717) is 4.88 Å². The van der Waals surface area contributed by atoms with Crippen molar-refractivity contribution in [2.45, 2.75) is 20.3 Å². The Morgan fingerprint density at radius 3 is 2.94 bits per heavy atom. The van der Waals surface area contributed by atoms with Gasteiger partial charge in [-0.2, -0.15) is 5.26 Å². The third kappa shape index (κ3) is 2.45. The number of nitrogens with one attached hydrogen (secondary N) is 1. The third-order valence-corrected chi connectivity index (χ3v) is 3.41. The summed E-state index contributed by atoms with van der Waals surface area (Å²) in [5.74, 6) is 0. The smallest absolute Gasteiger partial charge is 0.188 e. The van der Waals surface area contributed by atoms with E-state index in [-0.39, 0.29) is 0 Å². The van der Waals surface area contributed by atoms with Gasteiger partial charge in [0.1, 0.15) is 10.9 Å². The Kier molecular flexibility index (Phi) is 3.40. The molecule has 1 aromatic heterocycles. The van der Waals surface area contributed by atoms with Crippen molar-refractivity contribution in [2.75, 3.05) is 5.32 Å². The number of aryl methyl sites for hydroxylation is 2. The van der Waals surface area contributed by atoms with Gasteiger partial charge in [0.05, 0.1) is 6.20 Å². The summed E-state index contributed by atoms with van der Waals surface area (Å²) in [6, 6.07) is 8.32. The Hall–Kier alpha value is -1.86. The molecule has 0 bridgehead atoms. The molecule has 0 fully saturated rings. The predicted molar refractivity (Wildman–Crippen MR) is 70.7 cm³/mol. The fourth-order valence-electron chi connectivity index (χ4n) is 1.69. The summed E-state index contributed by atoms with van der Waals surface area (Å²) in [4.78, 5) is 4.81. The number of hydrogen-bond donors (Lipinski definition) is 1. The average molecular weight is 243 g/mol. The largest absolute Gasteiger partial charge is 0.331 e. The lowest BCUT2D eigenvalue weighted by Gasteiger charge is -2.11. The quantitative estimate of drug-likeness (QED) is 0.895. The lowest BCUT2D eigenvalue weighted by Crippen LogP contribution is -1.97. The summed E-state index contributed by atoms with van der Waals surface area (Å²) in [6.45, 7) is 4.20. The number of para-hydroxylation sites is 1. The van der Waals surface area contributed by atoms with E-state index in [2.05, 4.69) is 48.4 Å². The van der Waals surface area contributed by atoms with Crippen LogP contribution in [0.4, 0.5) is 10.8 Å². The number of aromatic nitrogens is 1. The molecule has 1 heterocycles. The standard InChI is InChI=1S/C13H13N3S/c1-3-10-6-4-5-9(2)12(10)16-13-15-8-11(7-14)17-13/h4-6,8H,3H2,1-2H3,(H,15,16). The van der Waals surface area contributed by atoms with Crippen LogP contribution < -0.4 is 5.32 Å². The van der Waals surface area contributed by atoms with E-state index < -0.39 is 0 Å². The van der Waals surface area contributed by atoms with E-state index in [9.17, 15) is 0 Å². The van der Waals surface area contributed by atoms with Crippen molar-refractivity contribution in [1.29, 1.82) is 5.26 Å². The number of nitrogens with zero attached hydrogens (tertiary/aromatic N) is 2. The van der Waals surface area contributed by atoms with E-state index in [1.54, 1.807) is 6.20 Å². The molecule has 1 aromatic carbocycles. The van der Waals surface area contributed by atoms with Gasteiger partial charge in [-0.15, -0.1) is 0 Å². The third-order valence-electron chi connectivity index (χ3n) is 2.59. The second-order valence-electron chi connectivity index (χ2n) is 3.73. The van der Waals surface area contributed by atoms with Crippen LogP contribution in [0.1, 0.15) is 22.9 Å². The summed E-state index contributed by atoms with van der Waals surface area (Å²) in [5, 5.41) is 12.8. The van der Waals surface area contributed by atoms with Gasteiger partial charge >= 0.3 is 0 Å². The van der Waals surface area contributed by atoms with Gasteiger partial charge in [-0.25, -0.2) is 4.98 Å². The second kappa shape index (κ2) is 4.98. The van der Waals surface area contributed by atoms with Crippen molar-refractivity contribution in [3.8, 4) is 6.07 Å². The van der Waals surface area contributed by atoms with Gasteiger partial charge in [-0.05, 0) is 24.5 Å². The highest BCUT2D eigenvalue weighted by Crippen LogP contribution is 2.27. The molecule has 0 amide bonds. The number of anilines is 2. The van der Waals surface area contributed by atoms with Crippen LogP contribution in [0.2, 0.25) is 0 Å². The van der Waals surface area contributed by atoms with Crippen LogP contribution in [-0.4, -0.2) is 4.98 Å². The molecule has 1 N–H and O–H groups in total. The van der Waals surface area contributed by atoms with E-state index in [4.69, 9.17) is 5.26 Å². The van der Waals surface area contributed by atoms with Gasteiger partial charge in [-0.1, -0.05) is 36.5 Å². The van der Waals surface area contributed by atoms with Gasteiger partial charge in [0.15, 0.2) is 5.13 Å². The lowest BCUT2D eigenvalue weighted by atomic mass is 10.1. The average Bonchev–Trinajstić information content (AvgIpc) is 2.79. The normalized spacial score (nSPS) is 9.94. The molecule has 86 valence electrons. The maximum atomic E-state index is 8.77. The van der Waals surface area contributed by atoms with Crippen LogP contribution in [-0.2, 0) is 6.42 Å². The molecule has 0 saturated heterocycles. The van der Waals surface area contributed by atoms with E-state index >= 15 is 0 Å². The van der Waals surface area contributed by atoms with Crippen LogP contribution >= 0.6 is 11.3 Å². The molecule has 0 aliphatic heterocycles. The van der Waals surface area contributed by atoms with Crippen molar-refractivity contribution in [3.05, 3.63) is 40.4 Å². The summed E-state index contributed by atoms with van der Waals surface area (Å²) < 4.78 is 0. The molecule has 0 saturated carbocycles. The van der Waals surface area contributed by atoms with E-state index in [1.165, 1.54) is 22.5 Å². The maximum absolute atomic E-state index is 8.77. The van der Waals surface area contributed by atoms with Crippen molar-refractivity contribution in [2.24, 2.45) is 0 Å². The van der Waals surface area contributed by atoms with Crippen LogP contribution in [0.15, 0.2) is 24.4 Å². The first-order chi connectivity index (χ1) is 8.24. The monoisotopic (exact) mass is 243 g/mol. The molecule has 0 aliphatic carbocycles. The lowest BCUT2D eigenvalue weighted by molar-refractivity contribution is 1.13. The minimum Gasteiger partial charge on any atom is -0.331 e. The van der Waals surface area contributed by atoms with Gasteiger partial charge in [-0.3, -0.25) is 0 Å². The number of thiazole rings is 1. The first-order valence-electron chi connectivity index (χ1n) is 5.46. The molecule has 17 heavy (non-hydrogen) atoms. The zero-order valence-electron chi connectivity index (χ0n) is 9.82. The molecule has 2 rings (SSSR count). The van der Waals surface area contributed by atoms with Gasteiger partial charge in [0, 0.05) is 5.69 Å². The molecular weight excluding hydrogens is 230 g/mol. The molecule has 4 heteroatoms. The summed E-state index contributed by atoms with van der Waals surface area (Å²) >= 11 is 1.37. The van der Waals surface area contributed by atoms with Crippen molar-refractivity contribution in [1.82, 2.24) is 4.98 Å². The highest BCUT2D eigenvalue weighted by molar-refractivity contribution is 7.16. The second-order valence-corrected chi connectivity index (χ2v) is 4.76. The first kappa shape index (κ1) is 11.6. The van der Waals surface area contributed by atoms with E-state index in [1.807, 2.05) is 0 Å². The predicted octanol–water partition coefficient (Wildman–Crippen LogP) is 3.63. The summed E-state index contributed by atoms with van der Waals surface area (Å²) in [7, 11) is 0. The zero-order valence-corrected chi connectivity index (χ0v) is 10.6. The molecule has 3 nitrogen and oxygen atoms in total.